The molecule has 0 spiro atoms. The number of hydrogen-bond acceptors (Lipinski definition) is 17. The van der Waals surface area contributed by atoms with Crippen LogP contribution in [0.3, 0.4) is 0 Å². The zero-order valence-corrected chi connectivity index (χ0v) is 25.3. The first-order valence-electron chi connectivity index (χ1n) is 13.6. The van der Waals surface area contributed by atoms with Gasteiger partial charge in [0.15, 0.2) is 28.9 Å². The zero-order valence-electron chi connectivity index (χ0n) is 23.5. The van der Waals surface area contributed by atoms with E-state index in [1.54, 1.807) is 0 Å². The number of aromatic nitrogens is 8. The van der Waals surface area contributed by atoms with Crippen LogP contribution in [-0.4, -0.2) is 109 Å². The highest BCUT2D eigenvalue weighted by Gasteiger charge is 2.54. The van der Waals surface area contributed by atoms with Gasteiger partial charge >= 0.3 is 15.6 Å². The minimum Gasteiger partial charge on any atom is -0.396 e. The second-order valence-electron chi connectivity index (χ2n) is 10.7. The van der Waals surface area contributed by atoms with Gasteiger partial charge in [-0.1, -0.05) is 0 Å². The smallest absolute Gasteiger partial charge is 0.396 e. The largest absolute Gasteiger partial charge is 0.472 e. The van der Waals surface area contributed by atoms with Crippen molar-refractivity contribution in [3.05, 3.63) is 35.2 Å². The SMILES string of the molecule is Cc1nc2c(ncn2C2OC3COP(=O)(O)OC4C(COP(=O)(O)OC2C3O)OC(n2cnc3c(N)ncnc32)C4CO)c(=O)[nH]1. The van der Waals surface area contributed by atoms with Gasteiger partial charge in [-0.15, -0.1) is 0 Å². The van der Waals surface area contributed by atoms with E-state index >= 15 is 0 Å². The molecule has 3 fully saturated rings. The fourth-order valence-corrected chi connectivity index (χ4v) is 7.65. The third-order valence-corrected chi connectivity index (χ3v) is 9.76. The standard InChI is InChI=1S/C22H27N9O13P2/c1-8-28-19-13(20(34)29-8)27-7-31(19)22-16-14(33)10(41-22)3-39-45(35,36)43-15-9(2-32)21(42-11(15)4-40-46(37,38)44-16)30-6-26-12-17(23)24-5-25-18(12)30/h5-7,9-11,14-16,21-22,32-33H,2-4H2,1H3,(H,35,36)(H,37,38)(H2,23,24,25)(H,28,29,34). The number of fused-ring (bicyclic) bond motifs is 5. The number of nitrogens with zero attached hydrogens (tertiary/aromatic N) is 7. The number of ether oxygens (including phenoxy) is 2. The monoisotopic (exact) mass is 687 g/mol. The van der Waals surface area contributed by atoms with Crippen molar-refractivity contribution in [1.82, 2.24) is 39.0 Å². The van der Waals surface area contributed by atoms with Crippen molar-refractivity contribution in [1.29, 1.82) is 0 Å². The van der Waals surface area contributed by atoms with Gasteiger partial charge in [-0.3, -0.25) is 32.0 Å². The Morgan fingerprint density at radius 2 is 1.57 bits per heavy atom. The number of rotatable bonds is 3. The van der Waals surface area contributed by atoms with Crippen molar-refractivity contribution in [2.75, 3.05) is 25.6 Å². The van der Waals surface area contributed by atoms with E-state index in [9.17, 15) is 33.9 Å². The quantitative estimate of drug-likeness (QED) is 0.135. The maximum atomic E-state index is 13.3. The van der Waals surface area contributed by atoms with Crippen LogP contribution in [0.2, 0.25) is 0 Å². The Kier molecular flexibility index (Phi) is 7.82. The number of phosphoric acid groups is 2. The summed E-state index contributed by atoms with van der Waals surface area (Å²) in [4.78, 5) is 56.8. The highest BCUT2D eigenvalue weighted by molar-refractivity contribution is 7.47. The summed E-state index contributed by atoms with van der Waals surface area (Å²) in [5, 5.41) is 21.4. The van der Waals surface area contributed by atoms with Crippen LogP contribution in [0.5, 0.6) is 0 Å². The average Bonchev–Trinajstić information content (AvgIpc) is 3.75. The van der Waals surface area contributed by atoms with Crippen molar-refractivity contribution >= 4 is 43.8 Å². The number of nitrogens with two attached hydrogens (primary N) is 1. The van der Waals surface area contributed by atoms with Crippen LogP contribution in [-0.2, 0) is 36.7 Å². The van der Waals surface area contributed by atoms with Crippen LogP contribution in [0.4, 0.5) is 5.82 Å². The highest BCUT2D eigenvalue weighted by Crippen LogP contribution is 2.54. The van der Waals surface area contributed by atoms with Crippen LogP contribution < -0.4 is 11.3 Å². The maximum absolute atomic E-state index is 13.3. The summed E-state index contributed by atoms with van der Waals surface area (Å²) in [5.74, 6) is -0.807. The predicted octanol–water partition coefficient (Wildman–Crippen LogP) is -1.37. The van der Waals surface area contributed by atoms with E-state index in [1.165, 1.54) is 28.7 Å². The number of imidazole rings is 2. The molecule has 7 heterocycles. The number of phosphoric ester groups is 2. The molecule has 24 heteroatoms. The molecule has 4 aromatic heterocycles. The van der Waals surface area contributed by atoms with Gasteiger partial charge in [0.05, 0.1) is 38.4 Å². The molecule has 22 nitrogen and oxygen atoms in total. The molecule has 7 N–H and O–H groups in total. The van der Waals surface area contributed by atoms with Crippen LogP contribution in [0.25, 0.3) is 22.3 Å². The lowest BCUT2D eigenvalue weighted by Gasteiger charge is -2.26. The lowest BCUT2D eigenvalue weighted by atomic mass is 10.0. The van der Waals surface area contributed by atoms with E-state index in [1.807, 2.05) is 0 Å². The first kappa shape index (κ1) is 31.4. The van der Waals surface area contributed by atoms with Gasteiger partial charge in [-0.25, -0.2) is 34.0 Å². The van der Waals surface area contributed by atoms with E-state index < -0.39 is 89.9 Å². The van der Waals surface area contributed by atoms with Crippen LogP contribution in [0.15, 0.2) is 23.8 Å². The van der Waals surface area contributed by atoms with Gasteiger partial charge in [-0.2, -0.15) is 0 Å². The first-order chi connectivity index (χ1) is 21.9. The van der Waals surface area contributed by atoms with Crippen molar-refractivity contribution in [3.8, 4) is 0 Å². The molecule has 0 radical (unpaired) electrons. The van der Waals surface area contributed by atoms with Crippen molar-refractivity contribution in [2.45, 2.75) is 49.9 Å². The molecule has 3 aliphatic rings. The normalized spacial score (nSPS) is 37.2. The lowest BCUT2D eigenvalue weighted by molar-refractivity contribution is -0.0671. The van der Waals surface area contributed by atoms with Crippen molar-refractivity contribution in [3.63, 3.8) is 0 Å². The van der Waals surface area contributed by atoms with E-state index in [-0.39, 0.29) is 34.0 Å². The molecule has 4 aromatic rings. The number of aromatic amines is 1. The number of nitrogens with one attached hydrogen (secondary N) is 1. The molecule has 0 aliphatic carbocycles. The molecular weight excluding hydrogens is 660 g/mol. The summed E-state index contributed by atoms with van der Waals surface area (Å²) in [5.41, 5.74) is 5.65. The van der Waals surface area contributed by atoms with Gasteiger partial charge in [0.25, 0.3) is 5.56 Å². The first-order valence-corrected chi connectivity index (χ1v) is 16.6. The Bertz CT molecular complexity index is 1950. The fourth-order valence-electron chi connectivity index (χ4n) is 5.72. The molecule has 0 amide bonds. The molecular formula is C22H27N9O13P2. The minimum absolute atomic E-state index is 0.00178. The number of nitrogen functional groups attached to an aromatic ring is 1. The summed E-state index contributed by atoms with van der Waals surface area (Å²) in [7, 11) is -10.1. The number of anilines is 1. The number of H-pyrrole nitrogens is 1. The molecule has 0 aromatic carbocycles. The second kappa shape index (κ2) is 11.5. The Balaban J connectivity index is 1.22. The Morgan fingerprint density at radius 3 is 2.28 bits per heavy atom. The zero-order chi connectivity index (χ0) is 32.5. The summed E-state index contributed by atoms with van der Waals surface area (Å²) in [6, 6.07) is 0. The minimum atomic E-state index is -5.08. The molecule has 3 aliphatic heterocycles. The lowest BCUT2D eigenvalue weighted by Crippen LogP contribution is -2.35. The molecule has 0 saturated carbocycles. The van der Waals surface area contributed by atoms with Crippen LogP contribution in [0, 0.1) is 12.8 Å². The third-order valence-electron chi connectivity index (χ3n) is 7.79. The van der Waals surface area contributed by atoms with E-state index in [0.717, 1.165) is 6.33 Å². The number of aliphatic hydroxyl groups excluding tert-OH is 2. The number of aliphatic hydroxyl groups is 2. The highest BCUT2D eigenvalue weighted by atomic mass is 31.2. The van der Waals surface area contributed by atoms with E-state index in [2.05, 4.69) is 29.9 Å². The van der Waals surface area contributed by atoms with Gasteiger partial charge in [0.2, 0.25) is 0 Å². The molecule has 3 saturated heterocycles. The number of aryl methyl sites for hydroxylation is 1. The average molecular weight is 687 g/mol. The Morgan fingerprint density at radius 1 is 0.935 bits per heavy atom. The third kappa shape index (κ3) is 5.45. The molecule has 7 rings (SSSR count). The fraction of sp³-hybridized carbons (Fsp3) is 0.545. The predicted molar refractivity (Wildman–Crippen MR) is 148 cm³/mol. The summed E-state index contributed by atoms with van der Waals surface area (Å²) < 4.78 is 62.2. The van der Waals surface area contributed by atoms with Gasteiger partial charge < -0.3 is 40.2 Å². The molecule has 2 bridgehead atoms. The van der Waals surface area contributed by atoms with Crippen LogP contribution in [0.1, 0.15) is 18.3 Å². The molecule has 248 valence electrons. The van der Waals surface area contributed by atoms with Gasteiger partial charge in [0.1, 0.15) is 54.4 Å². The summed E-state index contributed by atoms with van der Waals surface area (Å²) in [6.07, 6.45) is -6.58. The van der Waals surface area contributed by atoms with Gasteiger partial charge in [-0.05, 0) is 6.92 Å². The topological polar surface area (TPSA) is 304 Å². The maximum Gasteiger partial charge on any atom is 0.472 e. The van der Waals surface area contributed by atoms with E-state index in [4.69, 9.17) is 33.3 Å². The van der Waals surface area contributed by atoms with Crippen molar-refractivity contribution < 1.29 is 56.7 Å². The van der Waals surface area contributed by atoms with E-state index in [0.29, 0.717) is 0 Å². The molecule has 10 atom stereocenters. The van der Waals surface area contributed by atoms with Gasteiger partial charge in [0, 0.05) is 0 Å². The Labute approximate surface area is 256 Å². The summed E-state index contributed by atoms with van der Waals surface area (Å²) in [6.45, 7) is -0.682. The molecule has 46 heavy (non-hydrogen) atoms. The van der Waals surface area contributed by atoms with Crippen LogP contribution >= 0.6 is 15.6 Å². The van der Waals surface area contributed by atoms with Crippen molar-refractivity contribution in [2.24, 2.45) is 5.92 Å². The number of hydrogen-bond donors (Lipinski definition) is 6. The summed E-state index contributed by atoms with van der Waals surface area (Å²) >= 11 is 0. The Hall–Kier alpha value is -3.24. The molecule has 10 unspecified atom stereocenters. The second-order valence-corrected chi connectivity index (χ2v) is 13.5.